The molecule has 5 aromatic heterocycles. The van der Waals surface area contributed by atoms with Crippen molar-refractivity contribution in [1.29, 1.82) is 0 Å². The maximum atomic E-state index is 8.10. The van der Waals surface area contributed by atoms with Crippen molar-refractivity contribution in [3.05, 3.63) is 105 Å². The van der Waals surface area contributed by atoms with Gasteiger partial charge in [-0.3, -0.25) is 0 Å². The van der Waals surface area contributed by atoms with E-state index in [4.69, 9.17) is 18.2 Å². The van der Waals surface area contributed by atoms with Gasteiger partial charge in [0.1, 0.15) is 33.7 Å². The van der Waals surface area contributed by atoms with Crippen LogP contribution < -0.4 is 9.47 Å². The molecule has 7 heterocycles. The fourth-order valence-electron chi connectivity index (χ4n) is 18.2. The first-order chi connectivity index (χ1) is 50.1. The van der Waals surface area contributed by atoms with Crippen molar-refractivity contribution < 1.29 is 9.47 Å². The third-order valence-electron chi connectivity index (χ3n) is 24.7. The molecular weight excluding hydrogens is 1360 g/mol. The van der Waals surface area contributed by atoms with Crippen molar-refractivity contribution in [3.8, 4) is 73.5 Å². The van der Waals surface area contributed by atoms with Gasteiger partial charge in [-0.05, 0) is 184 Å². The molecule has 4 atom stereocenters. The zero-order valence-corrected chi connectivity index (χ0v) is 71.9. The molecule has 568 valence electrons. The molecule has 0 bridgehead atoms. The normalized spacial score (nSPS) is 17.7. The minimum Gasteiger partial charge on any atom is -0.481 e. The first kappa shape index (κ1) is 80.9. The summed E-state index contributed by atoms with van der Waals surface area (Å²) in [5.74, 6) is 7.65. The van der Waals surface area contributed by atoms with Crippen molar-refractivity contribution in [2.24, 2.45) is 47.3 Å². The lowest BCUT2D eigenvalue weighted by Gasteiger charge is -2.39. The van der Waals surface area contributed by atoms with Gasteiger partial charge in [0.2, 0.25) is 0 Å². The van der Waals surface area contributed by atoms with Crippen LogP contribution in [0.3, 0.4) is 0 Å². The first-order valence-corrected chi connectivity index (χ1v) is 46.6. The molecular formula is C95H136N2O2S5. The van der Waals surface area contributed by atoms with Gasteiger partial charge in [-0.1, -0.05) is 299 Å². The summed E-state index contributed by atoms with van der Waals surface area (Å²) in [6, 6.07) is 30.1. The van der Waals surface area contributed by atoms with Crippen LogP contribution in [0.4, 0.5) is 0 Å². The standard InChI is InChI=1S/C95H136N2O2S5/c1-17-19-21-23-25-27-51-93(52-28-26-24-22-20-18-2)78-57-71(15)41-43-74(78)75-44-42-73(59-79(75)93)84-62-83-92(101-84)90-81(95(99-83,55-49-69(13)39-31-35-65(7)8)56-50-70(14)40-32-36-66(9)10)61-86(103-90)77-46-45-76(87-88(77)97-104-96-87)85-60-80-89(102-85)91-82(58-72(16)100-91)98-94(80,53-47-67(11)37-29-33-63(3)4)54-48-68(12)38-30-34-64(5)6/h41-46,57-70H,17-40,47-56H2,1-16H3. The number of thiophene rings is 4. The number of aromatic nitrogens is 2. The summed E-state index contributed by atoms with van der Waals surface area (Å²) in [6.45, 7) is 38.4. The highest BCUT2D eigenvalue weighted by molar-refractivity contribution is 7.26. The molecule has 0 spiro atoms. The average molecular weight is 1500 g/mol. The molecule has 2 aliphatic heterocycles. The second-order valence-corrected chi connectivity index (χ2v) is 40.6. The van der Waals surface area contributed by atoms with Gasteiger partial charge in [0.05, 0.1) is 31.2 Å². The summed E-state index contributed by atoms with van der Waals surface area (Å²) < 4.78 is 26.4. The lowest BCUT2D eigenvalue weighted by atomic mass is 9.70. The Morgan fingerprint density at radius 1 is 0.337 bits per heavy atom. The largest absolute Gasteiger partial charge is 0.481 e. The van der Waals surface area contributed by atoms with Crippen LogP contribution in [0.15, 0.2) is 72.8 Å². The molecule has 8 aromatic rings. The number of benzene rings is 3. The van der Waals surface area contributed by atoms with Crippen molar-refractivity contribution >= 4 is 68.1 Å². The molecule has 0 amide bonds. The smallest absolute Gasteiger partial charge is 0.140 e. The van der Waals surface area contributed by atoms with Crippen molar-refractivity contribution in [3.63, 3.8) is 0 Å². The van der Waals surface area contributed by atoms with Gasteiger partial charge >= 0.3 is 0 Å². The summed E-state index contributed by atoms with van der Waals surface area (Å²) in [6.07, 6.45) is 42.5. The summed E-state index contributed by atoms with van der Waals surface area (Å²) in [7, 11) is 0. The van der Waals surface area contributed by atoms with Gasteiger partial charge < -0.3 is 9.47 Å². The number of rotatable bonds is 45. The zero-order valence-electron chi connectivity index (χ0n) is 67.8. The zero-order chi connectivity index (χ0) is 73.7. The fraction of sp³-hybridized carbons (Fsp3) is 0.642. The Labute approximate surface area is 653 Å². The van der Waals surface area contributed by atoms with E-state index in [0.29, 0.717) is 23.7 Å². The Kier molecular flexibility index (Phi) is 29.2. The monoisotopic (exact) mass is 1500 g/mol. The molecule has 4 unspecified atom stereocenters. The van der Waals surface area contributed by atoms with Gasteiger partial charge in [0.25, 0.3) is 0 Å². The van der Waals surface area contributed by atoms with Crippen LogP contribution in [0.5, 0.6) is 11.5 Å². The fourth-order valence-corrected chi connectivity index (χ4v) is 23.6. The van der Waals surface area contributed by atoms with Gasteiger partial charge in [0.15, 0.2) is 0 Å². The Morgan fingerprint density at radius 3 is 1.16 bits per heavy atom. The number of ether oxygens (including phenoxy) is 2. The van der Waals surface area contributed by atoms with Gasteiger partial charge in [0, 0.05) is 47.2 Å². The molecule has 0 saturated heterocycles. The van der Waals surface area contributed by atoms with E-state index in [1.807, 2.05) is 45.3 Å². The van der Waals surface area contributed by atoms with Crippen molar-refractivity contribution in [2.45, 2.75) is 346 Å². The third kappa shape index (κ3) is 19.5. The second kappa shape index (κ2) is 37.5. The summed E-state index contributed by atoms with van der Waals surface area (Å²) in [5, 5.41) is 0. The van der Waals surface area contributed by atoms with E-state index in [-0.39, 0.29) is 11.0 Å². The van der Waals surface area contributed by atoms with E-state index in [2.05, 4.69) is 184 Å². The van der Waals surface area contributed by atoms with Crippen LogP contribution in [0.2, 0.25) is 0 Å². The summed E-state index contributed by atoms with van der Waals surface area (Å²) >= 11 is 9.28. The van der Waals surface area contributed by atoms with Crippen LogP contribution in [0, 0.1) is 61.2 Å². The highest BCUT2D eigenvalue weighted by Gasteiger charge is 2.47. The maximum absolute atomic E-state index is 8.10. The van der Waals surface area contributed by atoms with E-state index in [9.17, 15) is 0 Å². The van der Waals surface area contributed by atoms with Gasteiger partial charge in [-0.25, -0.2) is 0 Å². The third-order valence-corrected chi connectivity index (χ3v) is 30.1. The van der Waals surface area contributed by atoms with Crippen LogP contribution in [-0.4, -0.2) is 8.75 Å². The number of unbranched alkanes of at least 4 members (excludes halogenated alkanes) is 10. The Bertz CT molecular complexity index is 3920. The molecule has 11 rings (SSSR count). The second-order valence-electron chi connectivity index (χ2n) is 35.7. The predicted molar refractivity (Wildman–Crippen MR) is 461 cm³/mol. The van der Waals surface area contributed by atoms with E-state index in [1.165, 1.54) is 275 Å². The van der Waals surface area contributed by atoms with Crippen LogP contribution in [-0.2, 0) is 16.6 Å². The molecule has 9 heteroatoms. The van der Waals surface area contributed by atoms with E-state index in [0.717, 1.165) is 84.7 Å². The minimum atomic E-state index is -0.463. The first-order valence-electron chi connectivity index (χ1n) is 42.6. The molecule has 0 fully saturated rings. The van der Waals surface area contributed by atoms with Crippen LogP contribution >= 0.6 is 57.1 Å². The topological polar surface area (TPSA) is 44.2 Å². The number of hydrogen-bond donors (Lipinski definition) is 0. The Hall–Kier alpha value is -4.12. The van der Waals surface area contributed by atoms with E-state index in [1.54, 1.807) is 11.1 Å². The summed E-state index contributed by atoms with van der Waals surface area (Å²) in [5.41, 5.74) is 15.3. The Balaban J connectivity index is 1.01. The number of hydrogen-bond acceptors (Lipinski definition) is 9. The summed E-state index contributed by atoms with van der Waals surface area (Å²) in [4.78, 5) is 10.7. The van der Waals surface area contributed by atoms with E-state index < -0.39 is 5.60 Å². The molecule has 0 saturated carbocycles. The number of fused-ring (bicyclic) bond motifs is 10. The minimum absolute atomic E-state index is 0.00868. The molecule has 3 aliphatic rings. The molecule has 1 aliphatic carbocycles. The lowest BCUT2D eigenvalue weighted by Crippen LogP contribution is -2.36. The quantitative estimate of drug-likeness (QED) is 0.0357. The predicted octanol–water partition coefficient (Wildman–Crippen LogP) is 32.8. The highest BCUT2D eigenvalue weighted by atomic mass is 32.1. The van der Waals surface area contributed by atoms with Gasteiger partial charge in [-0.15, -0.1) is 45.3 Å². The molecule has 0 N–H and O–H groups in total. The SMILES string of the molecule is CCCCCCCCC1(CCCCCCCC)c2cc(C)ccc2-c2ccc(-c3cc4c(s3)-c3sc(-c5ccc(-c6cc7c(s6)-c6sc(C)cc6OC7(CCC(C)CCCC(C)C)CCC(C)CCCC(C)C)c6nsnc56)cc3C(CCC(C)CCCC(C)C)(CCC(C)CCCC(C)C)O4)cc21. The maximum Gasteiger partial charge on any atom is 0.140 e. The van der Waals surface area contributed by atoms with Crippen LogP contribution in [0.1, 0.15) is 348 Å². The highest BCUT2D eigenvalue weighted by Crippen LogP contribution is 2.62. The van der Waals surface area contributed by atoms with E-state index >= 15 is 0 Å². The molecule has 3 aromatic carbocycles. The molecule has 4 nitrogen and oxygen atoms in total. The Morgan fingerprint density at radius 2 is 0.721 bits per heavy atom. The van der Waals surface area contributed by atoms with Crippen molar-refractivity contribution in [2.75, 3.05) is 0 Å². The number of aryl methyl sites for hydroxylation is 2. The molecule has 104 heavy (non-hydrogen) atoms. The molecule has 0 radical (unpaired) electrons. The van der Waals surface area contributed by atoms with Crippen LogP contribution in [0.25, 0.3) is 73.0 Å². The average Bonchev–Trinajstić information content (AvgIpc) is 1.57. The lowest BCUT2D eigenvalue weighted by molar-refractivity contribution is 0.0322. The van der Waals surface area contributed by atoms with Crippen molar-refractivity contribution in [1.82, 2.24) is 8.75 Å². The van der Waals surface area contributed by atoms with Gasteiger partial charge in [-0.2, -0.15) is 8.75 Å². The number of nitrogens with zero attached hydrogens (tertiary/aromatic N) is 2.